The number of amides is 1. The Balaban J connectivity index is 0.000000161. The predicted molar refractivity (Wildman–Crippen MR) is 378 cm³/mol. The number of benzene rings is 3. The van der Waals surface area contributed by atoms with Gasteiger partial charge in [0.25, 0.3) is 0 Å². The number of ketones is 3. The standard InChI is InChI=1S/C28H29N5O3.C25H28N4O4.C23H24N4O3/c1-20-26(25(34)19-32-14-6-5-7-15-32)27-24(33(20)23-12-10-22(29-2)11-13-23)17-21(18-30-27)9-8-16-36-28(35)31(3)4;1-17-24(23(31)16-28-10-8-20(30)9-11-28)25-22(14-21(15-27-25)33-13-12-32-3)29(17)19-6-4-18(26-2)5-7-19;1-14-10-18-23(25-11-14)22(21(30)13-26-9-8-19(28)20(29)12-26)15(2)27(18)17-6-4-16(24-3)5-7-17/h10-13,17-18H,5-7,14-16,19H2,1,3-4H3;4-7,14-15,20,30H,8-13,16H2,1,3H3;4-7,10-11,19-20,28-29H,8-9,12-13H2,1-2H3/t;;19-,20+/m..0/s1. The van der Waals surface area contributed by atoms with E-state index in [0.29, 0.717) is 120 Å². The molecule has 0 spiro atoms. The van der Waals surface area contributed by atoms with Gasteiger partial charge in [-0.25, -0.2) is 24.3 Å². The maximum absolute atomic E-state index is 13.5. The summed E-state index contributed by atoms with van der Waals surface area (Å²) in [6, 6.07) is 27.6. The van der Waals surface area contributed by atoms with E-state index in [2.05, 4.69) is 51.1 Å². The molecule has 0 saturated carbocycles. The van der Waals surface area contributed by atoms with Gasteiger partial charge in [-0.15, -0.1) is 0 Å². The van der Waals surface area contributed by atoms with Crippen LogP contribution in [0, 0.1) is 59.3 Å². The van der Waals surface area contributed by atoms with Gasteiger partial charge in [-0.2, -0.15) is 0 Å². The number of aromatic nitrogens is 6. The van der Waals surface area contributed by atoms with E-state index in [4.69, 9.17) is 33.9 Å². The van der Waals surface area contributed by atoms with E-state index in [-0.39, 0.29) is 49.7 Å². The van der Waals surface area contributed by atoms with Crippen LogP contribution in [-0.4, -0.2) is 205 Å². The summed E-state index contributed by atoms with van der Waals surface area (Å²) in [6.07, 6.45) is 7.98. The summed E-state index contributed by atoms with van der Waals surface area (Å²) in [6.45, 7) is 35.1. The van der Waals surface area contributed by atoms with Crippen molar-refractivity contribution in [2.24, 2.45) is 0 Å². The summed E-state index contributed by atoms with van der Waals surface area (Å²) < 4.78 is 21.9. The molecule has 23 heteroatoms. The van der Waals surface area contributed by atoms with E-state index in [1.54, 1.807) is 76.2 Å². The van der Waals surface area contributed by atoms with Crippen molar-refractivity contribution in [2.45, 2.75) is 84.5 Å². The van der Waals surface area contributed by atoms with Gasteiger partial charge in [0.2, 0.25) is 0 Å². The van der Waals surface area contributed by atoms with Gasteiger partial charge in [-0.3, -0.25) is 39.1 Å². The van der Waals surface area contributed by atoms with Gasteiger partial charge in [-0.1, -0.05) is 54.7 Å². The predicted octanol–water partition coefficient (Wildman–Crippen LogP) is 11.0. The number of rotatable bonds is 17. The Labute approximate surface area is 575 Å². The second kappa shape index (κ2) is 32.7. The average Bonchev–Trinajstić information content (AvgIpc) is 1.62. The van der Waals surface area contributed by atoms with E-state index in [9.17, 15) is 34.5 Å². The summed E-state index contributed by atoms with van der Waals surface area (Å²) in [5.74, 6) is 6.44. The highest BCUT2D eigenvalue weighted by atomic mass is 16.6. The van der Waals surface area contributed by atoms with Crippen LogP contribution in [0.2, 0.25) is 0 Å². The van der Waals surface area contributed by atoms with Crippen LogP contribution in [0.3, 0.4) is 0 Å². The molecule has 1 amide bonds. The highest BCUT2D eigenvalue weighted by molar-refractivity contribution is 6.11. The van der Waals surface area contributed by atoms with Gasteiger partial charge < -0.3 is 48.1 Å². The average molecular weight is 1340 g/mol. The number of carbonyl (C=O) groups excluding carboxylic acids is 4. The first-order chi connectivity index (χ1) is 47.8. The van der Waals surface area contributed by atoms with E-state index >= 15 is 0 Å². The topological polar surface area (TPSA) is 236 Å². The second-order valence-electron chi connectivity index (χ2n) is 25.1. The first-order valence-corrected chi connectivity index (χ1v) is 33.0. The third kappa shape index (κ3) is 16.8. The number of pyridine rings is 3. The number of aliphatic hydroxyl groups excluding tert-OH is 3. The first kappa shape index (κ1) is 71.3. The lowest BCUT2D eigenvalue weighted by Gasteiger charge is -2.32. The normalized spacial score (nSPS) is 15.9. The molecule has 3 aliphatic rings. The molecule has 99 heavy (non-hydrogen) atoms. The first-order valence-electron chi connectivity index (χ1n) is 33.0. The number of likely N-dealkylation sites (tertiary alicyclic amines) is 3. The zero-order valence-corrected chi connectivity index (χ0v) is 56.9. The molecule has 0 radical (unpaired) electrons. The quantitative estimate of drug-likeness (QED) is 0.0333. The van der Waals surface area contributed by atoms with Crippen LogP contribution in [-0.2, 0) is 9.47 Å². The molecule has 0 aliphatic carbocycles. The molecule has 2 atom stereocenters. The maximum Gasteiger partial charge on any atom is 0.410 e. The van der Waals surface area contributed by atoms with Crippen LogP contribution in [0.4, 0.5) is 21.9 Å². The maximum atomic E-state index is 13.5. The molecule has 12 rings (SSSR count). The molecule has 3 aromatic carbocycles. The van der Waals surface area contributed by atoms with E-state index < -0.39 is 18.3 Å². The Kier molecular flexibility index (Phi) is 23.6. The van der Waals surface area contributed by atoms with Crippen molar-refractivity contribution in [3.63, 3.8) is 0 Å². The monoisotopic (exact) mass is 1340 g/mol. The van der Waals surface area contributed by atoms with Crippen LogP contribution in [0.5, 0.6) is 5.75 Å². The molecule has 6 aromatic heterocycles. The minimum atomic E-state index is -0.837. The molecule has 3 fully saturated rings. The minimum Gasteiger partial charge on any atom is -0.489 e. The van der Waals surface area contributed by atoms with Crippen molar-refractivity contribution in [3.8, 4) is 34.7 Å². The number of aliphatic hydroxyl groups is 3. The largest absolute Gasteiger partial charge is 0.489 e. The van der Waals surface area contributed by atoms with Gasteiger partial charge in [0, 0.05) is 106 Å². The van der Waals surface area contributed by atoms with Crippen molar-refractivity contribution < 1.29 is 48.7 Å². The summed E-state index contributed by atoms with van der Waals surface area (Å²) in [5.41, 5.74) is 14.3. The number of fused-ring (bicyclic) bond motifs is 3. The second-order valence-corrected chi connectivity index (χ2v) is 25.1. The highest BCUT2D eigenvalue weighted by Crippen LogP contribution is 2.35. The Morgan fingerprint density at radius 3 is 1.47 bits per heavy atom. The molecule has 3 N–H and O–H groups in total. The molecule has 9 heterocycles. The van der Waals surface area contributed by atoms with Gasteiger partial charge in [0.1, 0.15) is 12.4 Å². The lowest BCUT2D eigenvalue weighted by atomic mass is 10.0. The Morgan fingerprint density at radius 1 is 0.556 bits per heavy atom. The van der Waals surface area contributed by atoms with Crippen molar-refractivity contribution >= 4 is 73.6 Å². The summed E-state index contributed by atoms with van der Waals surface area (Å²) in [7, 11) is 4.84. The fourth-order valence-corrected chi connectivity index (χ4v) is 12.9. The summed E-state index contributed by atoms with van der Waals surface area (Å²) in [5, 5.41) is 29.4. The highest BCUT2D eigenvalue weighted by Gasteiger charge is 2.31. The Hall–Kier alpha value is -10.4. The Bertz CT molecular complexity index is 4620. The van der Waals surface area contributed by atoms with Crippen LogP contribution < -0.4 is 4.74 Å². The van der Waals surface area contributed by atoms with Crippen LogP contribution in [0.1, 0.15) is 97.8 Å². The number of carbonyl (C=O) groups is 4. The molecule has 3 saturated heterocycles. The third-order valence-corrected chi connectivity index (χ3v) is 17.9. The van der Waals surface area contributed by atoms with Gasteiger partial charge in [-0.05, 0) is 127 Å². The molecule has 23 nitrogen and oxygen atoms in total. The number of hydrogen-bond donors (Lipinski definition) is 3. The number of β-amino-alcohol motifs (C(OH)–C–C–N with tert-alkyl or cyclic N) is 1. The van der Waals surface area contributed by atoms with E-state index in [1.165, 1.54) is 11.3 Å². The van der Waals surface area contributed by atoms with Crippen LogP contribution >= 0.6 is 0 Å². The van der Waals surface area contributed by atoms with Crippen LogP contribution in [0.25, 0.3) is 64.7 Å². The lowest BCUT2D eigenvalue weighted by molar-refractivity contribution is -0.0363. The number of Topliss-reactive ketones (excluding diaryl/α,β-unsaturated/α-hetero) is 3. The number of ether oxygens (including phenoxy) is 3. The molecule has 0 unspecified atom stereocenters. The molecule has 0 bridgehead atoms. The van der Waals surface area contributed by atoms with E-state index in [0.717, 1.165) is 82.2 Å². The third-order valence-electron chi connectivity index (χ3n) is 17.9. The van der Waals surface area contributed by atoms with Crippen molar-refractivity contribution in [2.75, 3.05) is 99.9 Å². The van der Waals surface area contributed by atoms with Crippen molar-refractivity contribution in [1.29, 1.82) is 0 Å². The number of methoxy groups -OCH3 is 1. The van der Waals surface area contributed by atoms with Crippen LogP contribution in [0.15, 0.2) is 110 Å². The fraction of sp³-hybridized carbons (Fsp3) is 0.368. The van der Waals surface area contributed by atoms with Crippen molar-refractivity contribution in [1.82, 2.24) is 48.3 Å². The zero-order valence-electron chi connectivity index (χ0n) is 56.9. The summed E-state index contributed by atoms with van der Waals surface area (Å²) >= 11 is 0. The number of nitrogens with zero attached hydrogens (tertiary/aromatic N) is 13. The fourth-order valence-electron chi connectivity index (χ4n) is 12.9. The number of piperidine rings is 3. The Morgan fingerprint density at radius 2 is 1.00 bits per heavy atom. The number of aryl methyl sites for hydroxylation is 1. The van der Waals surface area contributed by atoms with Gasteiger partial charge in [0.15, 0.2) is 41.0 Å². The SMILES string of the molecule is [C-]#[N+]c1ccc(-n2c(C)c(C(=O)CN3CCC(O)CC3)c3ncc(OCCOC)cc32)cc1.[C-]#[N+]c1ccc(-n2c(C)c(C(=O)CN3CCCCC3)c3ncc(C#CCOC(=O)N(C)C)cc32)cc1.[C-]#[N+]c1ccc(-n2c(C)c(C(=O)CN3CC[C@H](O)[C@H](O)C3)c3ncc(C)cc32)cc1. The van der Waals surface area contributed by atoms with Gasteiger partial charge >= 0.3 is 6.09 Å². The molecule has 510 valence electrons. The smallest absolute Gasteiger partial charge is 0.410 e. The molecular formula is C76H81N13O10. The molecule has 9 aromatic rings. The van der Waals surface area contributed by atoms with Crippen molar-refractivity contribution in [3.05, 3.63) is 189 Å². The zero-order chi connectivity index (χ0) is 70.4. The lowest BCUT2D eigenvalue weighted by Crippen LogP contribution is -2.48. The number of hydrogen-bond acceptors (Lipinski definition) is 16. The molecular weight excluding hydrogens is 1250 g/mol. The summed E-state index contributed by atoms with van der Waals surface area (Å²) in [4.78, 5) is 83.5. The van der Waals surface area contributed by atoms with Gasteiger partial charge in [0.05, 0.1) is 120 Å². The van der Waals surface area contributed by atoms with E-state index in [1.807, 2.05) is 101 Å². The minimum absolute atomic E-state index is 0.00553. The molecule has 3 aliphatic heterocycles.